The van der Waals surface area contributed by atoms with Crippen molar-refractivity contribution >= 4 is 38.4 Å². The zero-order chi connectivity index (χ0) is 30.8. The van der Waals surface area contributed by atoms with Gasteiger partial charge >= 0.3 is 0 Å². The molecule has 228 valence electrons. The van der Waals surface area contributed by atoms with Gasteiger partial charge in [0, 0.05) is 53.0 Å². The molecule has 4 aromatic rings. The lowest BCUT2D eigenvalue weighted by Crippen LogP contribution is -2.35. The van der Waals surface area contributed by atoms with Gasteiger partial charge in [-0.3, -0.25) is 9.59 Å². The van der Waals surface area contributed by atoms with E-state index in [0.717, 1.165) is 42.8 Å². The summed E-state index contributed by atoms with van der Waals surface area (Å²) in [4.78, 5) is 28.7. The van der Waals surface area contributed by atoms with Gasteiger partial charge < -0.3 is 18.9 Å². The fraction of sp³-hybridized carbons (Fsp3) is 0.353. The molecule has 1 heterocycles. The van der Waals surface area contributed by atoms with E-state index in [4.69, 9.17) is 9.47 Å². The fourth-order valence-electron chi connectivity index (χ4n) is 5.03. The van der Waals surface area contributed by atoms with Crippen LogP contribution in [-0.4, -0.2) is 35.6 Å². The highest BCUT2D eigenvalue weighted by Gasteiger charge is 2.23. The van der Waals surface area contributed by atoms with Crippen LogP contribution in [0, 0.1) is 11.6 Å². The molecule has 0 spiro atoms. The monoisotopic (exact) mass is 654 g/mol. The highest BCUT2D eigenvalue weighted by Crippen LogP contribution is 2.27. The molecule has 0 bridgehead atoms. The fourth-order valence-corrected chi connectivity index (χ4v) is 5.42. The Hall–Kier alpha value is -3.72. The molecule has 43 heavy (non-hydrogen) atoms. The van der Waals surface area contributed by atoms with E-state index in [-0.39, 0.29) is 17.8 Å². The number of hydrogen-bond donors (Lipinski definition) is 0. The van der Waals surface area contributed by atoms with Crippen LogP contribution in [0.3, 0.4) is 0 Å². The average Bonchev–Trinajstić information content (AvgIpc) is 2.99. The number of pyridine rings is 1. The summed E-state index contributed by atoms with van der Waals surface area (Å²) in [6, 6.07) is 15.4. The largest absolute Gasteiger partial charge is 0.494 e. The minimum atomic E-state index is -0.813. The van der Waals surface area contributed by atoms with Crippen molar-refractivity contribution < 1.29 is 23.0 Å². The summed E-state index contributed by atoms with van der Waals surface area (Å²) in [5, 5.41) is 1.35. The summed E-state index contributed by atoms with van der Waals surface area (Å²) in [7, 11) is 0. The number of amides is 1. The van der Waals surface area contributed by atoms with Gasteiger partial charge in [-0.05, 0) is 63.1 Å². The molecular formula is C34H37BrF2N2O4. The Morgan fingerprint density at radius 3 is 2.26 bits per heavy atom. The third-order valence-electron chi connectivity index (χ3n) is 7.13. The van der Waals surface area contributed by atoms with Gasteiger partial charge in [0.2, 0.25) is 5.43 Å². The van der Waals surface area contributed by atoms with Gasteiger partial charge in [0.05, 0.1) is 18.7 Å². The zero-order valence-electron chi connectivity index (χ0n) is 24.6. The Bertz CT molecular complexity index is 1590. The van der Waals surface area contributed by atoms with Gasteiger partial charge in [-0.1, -0.05) is 47.7 Å². The smallest absolute Gasteiger partial charge is 0.263 e. The van der Waals surface area contributed by atoms with Crippen molar-refractivity contribution in [3.05, 3.63) is 94.3 Å². The van der Waals surface area contributed by atoms with E-state index >= 15 is 0 Å². The van der Waals surface area contributed by atoms with E-state index in [1.165, 1.54) is 30.4 Å². The first-order valence-corrected chi connectivity index (χ1v) is 15.9. The van der Waals surface area contributed by atoms with Crippen molar-refractivity contribution in [3.63, 3.8) is 0 Å². The molecule has 4 rings (SSSR count). The molecule has 0 radical (unpaired) electrons. The lowest BCUT2D eigenvalue weighted by atomic mass is 10.1. The van der Waals surface area contributed by atoms with E-state index in [2.05, 4.69) is 15.9 Å². The molecule has 1 aromatic heterocycles. The molecule has 0 aliphatic heterocycles. The van der Waals surface area contributed by atoms with Crippen molar-refractivity contribution in [2.24, 2.45) is 0 Å². The van der Waals surface area contributed by atoms with Crippen LogP contribution in [0.4, 0.5) is 14.5 Å². The first-order valence-electron chi connectivity index (χ1n) is 14.8. The second-order valence-corrected chi connectivity index (χ2v) is 11.0. The first kappa shape index (κ1) is 32.2. The van der Waals surface area contributed by atoms with Gasteiger partial charge in [0.1, 0.15) is 28.7 Å². The number of nitrogens with zero attached hydrogens (tertiary/aromatic N) is 2. The van der Waals surface area contributed by atoms with Crippen LogP contribution in [0.5, 0.6) is 11.5 Å². The van der Waals surface area contributed by atoms with E-state index in [1.807, 2.05) is 31.2 Å². The van der Waals surface area contributed by atoms with Crippen molar-refractivity contribution in [1.82, 2.24) is 4.57 Å². The standard InChI is InChI=1S/C34H37BrF2N2O4/c1-3-38(27-19-24(36)18-25(37)20-27)34(41)31-23-39(26-12-11-13-28(21-26)42-4-2)32-22-29(14-15-30(32)33(31)40)43-17-10-8-6-5-7-9-16-35/h11-15,18-23H,3-10,16-17H2,1-2H3. The van der Waals surface area contributed by atoms with Crippen LogP contribution in [0.25, 0.3) is 16.6 Å². The third kappa shape index (κ3) is 8.22. The second-order valence-electron chi connectivity index (χ2n) is 10.2. The van der Waals surface area contributed by atoms with Gasteiger partial charge in [0.25, 0.3) is 5.91 Å². The summed E-state index contributed by atoms with van der Waals surface area (Å²) >= 11 is 3.46. The maximum absolute atomic E-state index is 14.0. The van der Waals surface area contributed by atoms with Gasteiger partial charge in [-0.25, -0.2) is 8.78 Å². The second kappa shape index (κ2) is 15.7. The molecule has 0 saturated carbocycles. The number of aromatic nitrogens is 1. The maximum atomic E-state index is 14.0. The van der Waals surface area contributed by atoms with Crippen LogP contribution < -0.4 is 19.8 Å². The molecule has 0 saturated heterocycles. The molecule has 0 N–H and O–H groups in total. The van der Waals surface area contributed by atoms with Crippen LogP contribution in [0.15, 0.2) is 71.7 Å². The number of rotatable bonds is 15. The number of halogens is 3. The predicted octanol–water partition coefficient (Wildman–Crippen LogP) is 8.45. The van der Waals surface area contributed by atoms with Crippen LogP contribution >= 0.6 is 15.9 Å². The van der Waals surface area contributed by atoms with Gasteiger partial charge in [0.15, 0.2) is 0 Å². The molecule has 0 unspecified atom stereocenters. The minimum absolute atomic E-state index is 0.0289. The quantitative estimate of drug-likeness (QED) is 0.0953. The van der Waals surface area contributed by atoms with Crippen molar-refractivity contribution in [3.8, 4) is 17.2 Å². The molecule has 0 fully saturated rings. The molecule has 0 atom stereocenters. The number of anilines is 1. The summed E-state index contributed by atoms with van der Waals surface area (Å²) < 4.78 is 41.6. The number of hydrogen-bond acceptors (Lipinski definition) is 4. The van der Waals surface area contributed by atoms with E-state index in [1.54, 1.807) is 29.7 Å². The third-order valence-corrected chi connectivity index (χ3v) is 7.69. The molecule has 3 aromatic carbocycles. The summed E-state index contributed by atoms with van der Waals surface area (Å²) in [5.41, 5.74) is 0.644. The molecule has 6 nitrogen and oxygen atoms in total. The minimum Gasteiger partial charge on any atom is -0.494 e. The molecule has 9 heteroatoms. The van der Waals surface area contributed by atoms with Crippen molar-refractivity contribution in [2.75, 3.05) is 30.0 Å². The van der Waals surface area contributed by atoms with Crippen molar-refractivity contribution in [1.29, 1.82) is 0 Å². The Labute approximate surface area is 259 Å². The highest BCUT2D eigenvalue weighted by atomic mass is 79.9. The van der Waals surface area contributed by atoms with Crippen LogP contribution in [0.1, 0.15) is 62.7 Å². The molecule has 0 aliphatic rings. The predicted molar refractivity (Wildman–Crippen MR) is 171 cm³/mol. The van der Waals surface area contributed by atoms with E-state index in [9.17, 15) is 18.4 Å². The van der Waals surface area contributed by atoms with Crippen LogP contribution in [0.2, 0.25) is 0 Å². The number of benzene rings is 3. The van der Waals surface area contributed by atoms with Crippen LogP contribution in [-0.2, 0) is 0 Å². The summed E-state index contributed by atoms with van der Waals surface area (Å²) in [5.74, 6) is -1.04. The molecular weight excluding hydrogens is 618 g/mol. The lowest BCUT2D eigenvalue weighted by molar-refractivity contribution is 0.0987. The summed E-state index contributed by atoms with van der Waals surface area (Å²) in [6.07, 6.45) is 8.27. The first-order chi connectivity index (χ1) is 20.9. The molecule has 1 amide bonds. The molecule has 0 aliphatic carbocycles. The number of ether oxygens (including phenoxy) is 2. The maximum Gasteiger partial charge on any atom is 0.263 e. The Kier molecular flexibility index (Phi) is 11.7. The Balaban J connectivity index is 1.72. The van der Waals surface area contributed by atoms with E-state index < -0.39 is 23.0 Å². The lowest BCUT2D eigenvalue weighted by Gasteiger charge is -2.22. The number of fused-ring (bicyclic) bond motifs is 1. The number of carbonyl (C=O) groups excluding carboxylic acids is 1. The summed E-state index contributed by atoms with van der Waals surface area (Å²) in [6.45, 7) is 4.70. The number of unbranched alkanes of at least 4 members (excludes halogenated alkanes) is 5. The normalized spacial score (nSPS) is 11.1. The number of alkyl halides is 1. The van der Waals surface area contributed by atoms with Gasteiger partial charge in [-0.15, -0.1) is 0 Å². The van der Waals surface area contributed by atoms with E-state index in [0.29, 0.717) is 41.3 Å². The zero-order valence-corrected chi connectivity index (χ0v) is 26.2. The average molecular weight is 656 g/mol. The number of carbonyl (C=O) groups is 1. The SMILES string of the molecule is CCOc1cccc(-n2cc(C(=O)N(CC)c3cc(F)cc(F)c3)c(=O)c3ccc(OCCCCCCCCBr)cc32)c1. The Morgan fingerprint density at radius 1 is 0.860 bits per heavy atom. The highest BCUT2D eigenvalue weighted by molar-refractivity contribution is 9.09. The Morgan fingerprint density at radius 2 is 1.56 bits per heavy atom. The van der Waals surface area contributed by atoms with Gasteiger partial charge in [-0.2, -0.15) is 0 Å². The topological polar surface area (TPSA) is 60.8 Å². The van der Waals surface area contributed by atoms with Crippen molar-refractivity contribution in [2.45, 2.75) is 52.4 Å².